The molecule has 1 heterocycles. The first-order valence-corrected chi connectivity index (χ1v) is 5.93. The first-order chi connectivity index (χ1) is 8.54. The van der Waals surface area contributed by atoms with E-state index in [1.807, 2.05) is 0 Å². The lowest BCUT2D eigenvalue weighted by Crippen LogP contribution is -1.99. The van der Waals surface area contributed by atoms with Crippen LogP contribution in [0.25, 0.3) is 0 Å². The van der Waals surface area contributed by atoms with Gasteiger partial charge in [0.25, 0.3) is 0 Å². The summed E-state index contributed by atoms with van der Waals surface area (Å²) < 4.78 is 26.1. The molecule has 0 saturated heterocycles. The molecule has 0 atom stereocenters. The Labute approximate surface area is 113 Å². The third-order valence-electron chi connectivity index (χ3n) is 2.39. The first-order valence-electron chi connectivity index (χ1n) is 5.17. The summed E-state index contributed by atoms with van der Waals surface area (Å²) in [5.74, 6) is -1.16. The van der Waals surface area contributed by atoms with Crippen LogP contribution in [-0.4, -0.2) is 9.97 Å². The highest BCUT2D eigenvalue weighted by Gasteiger charge is 2.06. The van der Waals surface area contributed by atoms with E-state index in [1.165, 1.54) is 12.1 Å². The van der Waals surface area contributed by atoms with Crippen molar-refractivity contribution in [3.8, 4) is 0 Å². The summed E-state index contributed by atoms with van der Waals surface area (Å²) in [7, 11) is 0. The lowest BCUT2D eigenvalue weighted by atomic mass is 10.1. The Bertz CT molecular complexity index is 556. The number of nitrogens with zero attached hydrogens (tertiary/aromatic N) is 2. The van der Waals surface area contributed by atoms with E-state index < -0.39 is 11.6 Å². The zero-order valence-electron chi connectivity index (χ0n) is 9.13. The zero-order chi connectivity index (χ0) is 13.1. The number of hydrogen-bond donors (Lipinski definition) is 0. The van der Waals surface area contributed by atoms with E-state index in [2.05, 4.69) is 9.97 Å². The monoisotopic (exact) mass is 288 g/mol. The molecule has 0 saturated carbocycles. The van der Waals surface area contributed by atoms with Crippen molar-refractivity contribution in [1.82, 2.24) is 9.97 Å². The normalized spacial score (nSPS) is 10.7. The fraction of sp³-hybridized carbons (Fsp3) is 0.167. The van der Waals surface area contributed by atoms with E-state index in [9.17, 15) is 8.78 Å². The molecule has 1 aromatic heterocycles. The zero-order valence-corrected chi connectivity index (χ0v) is 10.6. The van der Waals surface area contributed by atoms with Crippen molar-refractivity contribution in [2.24, 2.45) is 0 Å². The van der Waals surface area contributed by atoms with Crippen LogP contribution >= 0.6 is 23.2 Å². The topological polar surface area (TPSA) is 25.8 Å². The molecule has 2 nitrogen and oxygen atoms in total. The Morgan fingerprint density at radius 3 is 2.44 bits per heavy atom. The van der Waals surface area contributed by atoms with Gasteiger partial charge in [-0.1, -0.05) is 17.7 Å². The maximum absolute atomic E-state index is 13.4. The average Bonchev–Trinajstić information content (AvgIpc) is 2.26. The molecule has 0 bridgehead atoms. The maximum atomic E-state index is 13.4. The molecule has 94 valence electrons. The van der Waals surface area contributed by atoms with Gasteiger partial charge in [0.05, 0.1) is 0 Å². The second-order valence-corrected chi connectivity index (χ2v) is 4.41. The molecule has 0 aliphatic rings. The van der Waals surface area contributed by atoms with Crippen LogP contribution in [0.1, 0.15) is 11.3 Å². The van der Waals surface area contributed by atoms with Gasteiger partial charge < -0.3 is 0 Å². The minimum Gasteiger partial charge on any atom is -0.223 e. The van der Waals surface area contributed by atoms with Crippen molar-refractivity contribution in [1.29, 1.82) is 0 Å². The van der Waals surface area contributed by atoms with Crippen LogP contribution in [0.3, 0.4) is 0 Å². The van der Waals surface area contributed by atoms with Crippen molar-refractivity contribution in [3.05, 3.63) is 57.6 Å². The molecule has 1 aromatic carbocycles. The fourth-order valence-corrected chi connectivity index (χ4v) is 2.00. The predicted molar refractivity (Wildman–Crippen MR) is 65.8 cm³/mol. The highest BCUT2D eigenvalue weighted by molar-refractivity contribution is 6.31. The molecule has 0 radical (unpaired) electrons. The van der Waals surface area contributed by atoms with Gasteiger partial charge in [-0.15, -0.1) is 0 Å². The van der Waals surface area contributed by atoms with Gasteiger partial charge in [-0.2, -0.15) is 0 Å². The van der Waals surface area contributed by atoms with Crippen LogP contribution in [0, 0.1) is 11.6 Å². The standard InChI is InChI=1S/C12H8Cl2F2N2/c13-11-6-9(17-12(14)18-11)4-2-7-1-3-8(15)5-10(7)16/h1,3,5-6H,2,4H2. The summed E-state index contributed by atoms with van der Waals surface area (Å²) in [4.78, 5) is 7.68. The second kappa shape index (κ2) is 5.59. The number of hydrogen-bond acceptors (Lipinski definition) is 2. The van der Waals surface area contributed by atoms with Crippen LogP contribution in [0.15, 0.2) is 24.3 Å². The van der Waals surface area contributed by atoms with Crippen molar-refractivity contribution in [2.75, 3.05) is 0 Å². The van der Waals surface area contributed by atoms with Crippen LogP contribution in [0.4, 0.5) is 8.78 Å². The van der Waals surface area contributed by atoms with Gasteiger partial charge in [-0.3, -0.25) is 0 Å². The van der Waals surface area contributed by atoms with Gasteiger partial charge >= 0.3 is 0 Å². The molecular formula is C12H8Cl2F2N2. The van der Waals surface area contributed by atoms with Gasteiger partial charge in [-0.05, 0) is 42.1 Å². The van der Waals surface area contributed by atoms with E-state index in [0.29, 0.717) is 24.1 Å². The van der Waals surface area contributed by atoms with Crippen molar-refractivity contribution in [3.63, 3.8) is 0 Å². The highest BCUT2D eigenvalue weighted by atomic mass is 35.5. The summed E-state index contributed by atoms with van der Waals surface area (Å²) in [5, 5.41) is 0.293. The molecule has 18 heavy (non-hydrogen) atoms. The Kier molecular flexibility index (Phi) is 4.09. The predicted octanol–water partition coefficient (Wildman–Crippen LogP) is 3.85. The number of benzene rings is 1. The number of aromatic nitrogens is 2. The van der Waals surface area contributed by atoms with Crippen molar-refractivity contribution >= 4 is 23.2 Å². The van der Waals surface area contributed by atoms with Gasteiger partial charge in [-0.25, -0.2) is 18.7 Å². The molecule has 0 aliphatic carbocycles. The number of rotatable bonds is 3. The van der Waals surface area contributed by atoms with E-state index in [1.54, 1.807) is 6.07 Å². The maximum Gasteiger partial charge on any atom is 0.224 e. The quantitative estimate of drug-likeness (QED) is 0.633. The third-order valence-corrected chi connectivity index (χ3v) is 2.75. The molecule has 6 heteroatoms. The summed E-state index contributed by atoms with van der Waals surface area (Å²) in [6.07, 6.45) is 0.834. The van der Waals surface area contributed by atoms with Crippen LogP contribution < -0.4 is 0 Å². The van der Waals surface area contributed by atoms with E-state index in [0.717, 1.165) is 6.07 Å². The summed E-state index contributed by atoms with van der Waals surface area (Å²) in [6.45, 7) is 0. The van der Waals surface area contributed by atoms with Crippen molar-refractivity contribution < 1.29 is 8.78 Å². The Balaban J connectivity index is 2.11. The molecule has 0 amide bonds. The van der Waals surface area contributed by atoms with Crippen LogP contribution in [0.5, 0.6) is 0 Å². The van der Waals surface area contributed by atoms with Crippen LogP contribution in [0.2, 0.25) is 10.4 Å². The number of aryl methyl sites for hydroxylation is 2. The molecular weight excluding hydrogens is 281 g/mol. The molecule has 2 aromatic rings. The van der Waals surface area contributed by atoms with E-state index >= 15 is 0 Å². The average molecular weight is 289 g/mol. The molecule has 0 unspecified atom stereocenters. The molecule has 0 N–H and O–H groups in total. The Hall–Kier alpha value is -1.26. The SMILES string of the molecule is Fc1ccc(CCc2cc(Cl)nc(Cl)n2)c(F)c1. The Morgan fingerprint density at radius 1 is 1.00 bits per heavy atom. The van der Waals surface area contributed by atoms with Gasteiger partial charge in [0.15, 0.2) is 0 Å². The Morgan fingerprint density at radius 2 is 1.78 bits per heavy atom. The van der Waals surface area contributed by atoms with Crippen LogP contribution in [-0.2, 0) is 12.8 Å². The van der Waals surface area contributed by atoms with Crippen molar-refractivity contribution in [2.45, 2.75) is 12.8 Å². The first kappa shape index (κ1) is 13.2. The smallest absolute Gasteiger partial charge is 0.223 e. The summed E-state index contributed by atoms with van der Waals surface area (Å²) in [5.41, 5.74) is 1.03. The lowest BCUT2D eigenvalue weighted by molar-refractivity contribution is 0.571. The summed E-state index contributed by atoms with van der Waals surface area (Å²) in [6, 6.07) is 5.05. The fourth-order valence-electron chi connectivity index (χ4n) is 1.55. The van der Waals surface area contributed by atoms with Gasteiger partial charge in [0.1, 0.15) is 16.8 Å². The molecule has 0 aliphatic heterocycles. The molecule has 0 fully saturated rings. The third kappa shape index (κ3) is 3.37. The second-order valence-electron chi connectivity index (χ2n) is 3.69. The molecule has 0 spiro atoms. The largest absolute Gasteiger partial charge is 0.224 e. The minimum absolute atomic E-state index is 0.0529. The minimum atomic E-state index is -0.593. The molecule has 2 rings (SSSR count). The summed E-state index contributed by atoms with van der Waals surface area (Å²) >= 11 is 11.4. The highest BCUT2D eigenvalue weighted by Crippen LogP contribution is 2.15. The van der Waals surface area contributed by atoms with E-state index in [-0.39, 0.29) is 10.4 Å². The lowest BCUT2D eigenvalue weighted by Gasteiger charge is -2.04. The van der Waals surface area contributed by atoms with Gasteiger partial charge in [0.2, 0.25) is 5.28 Å². The van der Waals surface area contributed by atoms with E-state index in [4.69, 9.17) is 23.2 Å². The van der Waals surface area contributed by atoms with Gasteiger partial charge in [0, 0.05) is 11.8 Å². The number of halogens is 4.